The summed E-state index contributed by atoms with van der Waals surface area (Å²) in [5.41, 5.74) is 1.04. The Morgan fingerprint density at radius 1 is 1.05 bits per heavy atom. The molecule has 1 atom stereocenters. The van der Waals surface area contributed by atoms with E-state index in [1.54, 1.807) is 61.5 Å². The van der Waals surface area contributed by atoms with Crippen molar-refractivity contribution < 1.29 is 13.9 Å². The van der Waals surface area contributed by atoms with E-state index < -0.39 is 13.6 Å². The maximum absolute atomic E-state index is 12.7. The molecule has 0 spiro atoms. The van der Waals surface area contributed by atoms with Gasteiger partial charge in [-0.05, 0) is 31.2 Å². The van der Waals surface area contributed by atoms with Crippen molar-refractivity contribution in [3.8, 4) is 0 Å². The summed E-state index contributed by atoms with van der Waals surface area (Å²) in [6.45, 7) is 1.93. The molecule has 0 aliphatic rings. The molecule has 21 heavy (non-hydrogen) atoms. The number of carbonyl (C=O) groups is 1. The number of anilines is 1. The lowest BCUT2D eigenvalue weighted by Gasteiger charge is -2.20. The van der Waals surface area contributed by atoms with E-state index in [0.29, 0.717) is 11.3 Å². The summed E-state index contributed by atoms with van der Waals surface area (Å²) >= 11 is 0. The van der Waals surface area contributed by atoms with E-state index in [1.807, 2.05) is 6.07 Å². The maximum atomic E-state index is 12.7. The summed E-state index contributed by atoms with van der Waals surface area (Å²) < 4.78 is 17.9. The van der Waals surface area contributed by atoms with Crippen molar-refractivity contribution in [1.82, 2.24) is 5.09 Å². The van der Waals surface area contributed by atoms with Gasteiger partial charge in [0.25, 0.3) is 5.91 Å². The molecule has 0 saturated heterocycles. The zero-order valence-electron chi connectivity index (χ0n) is 11.7. The number of nitrogens with one attached hydrogen (secondary N) is 2. The molecule has 6 heteroatoms. The fourth-order valence-electron chi connectivity index (χ4n) is 1.74. The van der Waals surface area contributed by atoms with Crippen molar-refractivity contribution in [2.45, 2.75) is 6.92 Å². The molecule has 0 aromatic heterocycles. The van der Waals surface area contributed by atoms with Crippen LogP contribution >= 0.6 is 7.67 Å². The molecular weight excluding hydrogens is 287 g/mol. The molecule has 1 unspecified atom stereocenters. The largest absolute Gasteiger partial charge is 0.394 e. The SMILES string of the molecule is CCOP(=O)(NC(=O)c1ccccc1)Nc1ccccc1. The van der Waals surface area contributed by atoms with Crippen molar-refractivity contribution in [2.75, 3.05) is 11.7 Å². The summed E-state index contributed by atoms with van der Waals surface area (Å²) in [6, 6.07) is 17.5. The first kappa shape index (κ1) is 15.3. The molecule has 0 bridgehead atoms. The number of benzene rings is 2. The standard InChI is InChI=1S/C15H17N2O3P/c1-2-20-21(19,16-14-11-7-4-8-12-14)17-15(18)13-9-5-3-6-10-13/h3-12H,2H2,1H3,(H2,16,17,18,19). The molecule has 1 amide bonds. The van der Waals surface area contributed by atoms with Gasteiger partial charge in [0.2, 0.25) is 0 Å². The Kier molecular flexibility index (Phi) is 5.14. The molecule has 110 valence electrons. The Balaban J connectivity index is 2.14. The van der Waals surface area contributed by atoms with Crippen LogP contribution in [-0.4, -0.2) is 12.5 Å². The van der Waals surface area contributed by atoms with Crippen molar-refractivity contribution in [3.63, 3.8) is 0 Å². The highest BCUT2D eigenvalue weighted by molar-refractivity contribution is 7.59. The van der Waals surface area contributed by atoms with Crippen LogP contribution in [0.2, 0.25) is 0 Å². The van der Waals surface area contributed by atoms with Crippen LogP contribution in [0, 0.1) is 0 Å². The smallest absolute Gasteiger partial charge is 0.299 e. The number of amides is 1. The highest BCUT2D eigenvalue weighted by Gasteiger charge is 2.26. The summed E-state index contributed by atoms with van der Waals surface area (Å²) in [6.07, 6.45) is 0. The predicted molar refractivity (Wildman–Crippen MR) is 83.2 cm³/mol. The monoisotopic (exact) mass is 304 g/mol. The molecule has 0 aliphatic heterocycles. The molecule has 0 saturated carbocycles. The first-order valence-electron chi connectivity index (χ1n) is 6.58. The first-order valence-corrected chi connectivity index (χ1v) is 8.21. The fourth-order valence-corrected chi connectivity index (χ4v) is 3.18. The van der Waals surface area contributed by atoms with Gasteiger partial charge in [-0.25, -0.2) is 4.57 Å². The Labute approximate surface area is 123 Å². The van der Waals surface area contributed by atoms with Crippen molar-refractivity contribution >= 4 is 19.3 Å². The van der Waals surface area contributed by atoms with E-state index >= 15 is 0 Å². The second-order valence-electron chi connectivity index (χ2n) is 4.25. The lowest BCUT2D eigenvalue weighted by atomic mass is 10.2. The van der Waals surface area contributed by atoms with Gasteiger partial charge in [-0.3, -0.25) is 19.5 Å². The van der Waals surface area contributed by atoms with Gasteiger partial charge in [0.05, 0.1) is 6.61 Å². The van der Waals surface area contributed by atoms with Crippen LogP contribution < -0.4 is 10.2 Å². The van der Waals surface area contributed by atoms with Crippen LogP contribution in [0.25, 0.3) is 0 Å². The zero-order valence-corrected chi connectivity index (χ0v) is 12.5. The average Bonchev–Trinajstić information content (AvgIpc) is 2.49. The highest BCUT2D eigenvalue weighted by Crippen LogP contribution is 2.42. The van der Waals surface area contributed by atoms with E-state index in [4.69, 9.17) is 4.52 Å². The quantitative estimate of drug-likeness (QED) is 0.799. The van der Waals surface area contributed by atoms with Crippen LogP contribution in [-0.2, 0) is 9.09 Å². The number of para-hydroxylation sites is 1. The molecule has 2 aromatic carbocycles. The van der Waals surface area contributed by atoms with Crippen molar-refractivity contribution in [1.29, 1.82) is 0 Å². The molecule has 0 aliphatic carbocycles. The number of rotatable bonds is 6. The normalized spacial score (nSPS) is 13.2. The van der Waals surface area contributed by atoms with Gasteiger partial charge in [0.1, 0.15) is 0 Å². The third-order valence-corrected chi connectivity index (χ3v) is 4.32. The first-order chi connectivity index (χ1) is 10.1. The minimum Gasteiger partial charge on any atom is -0.299 e. The number of hydrogen-bond acceptors (Lipinski definition) is 3. The predicted octanol–water partition coefficient (Wildman–Crippen LogP) is 3.67. The molecule has 0 radical (unpaired) electrons. The number of carbonyl (C=O) groups excluding carboxylic acids is 1. The van der Waals surface area contributed by atoms with Crippen LogP contribution in [0.4, 0.5) is 5.69 Å². The van der Waals surface area contributed by atoms with Gasteiger partial charge in [0, 0.05) is 11.3 Å². The molecule has 0 fully saturated rings. The van der Waals surface area contributed by atoms with Crippen LogP contribution in [0.3, 0.4) is 0 Å². The minimum absolute atomic E-state index is 0.214. The van der Waals surface area contributed by atoms with E-state index in [2.05, 4.69) is 10.2 Å². The molecule has 2 rings (SSSR count). The van der Waals surface area contributed by atoms with Crippen LogP contribution in [0.1, 0.15) is 17.3 Å². The van der Waals surface area contributed by atoms with Crippen molar-refractivity contribution in [3.05, 3.63) is 66.2 Å². The Morgan fingerprint density at radius 3 is 2.19 bits per heavy atom. The molecular formula is C15H17N2O3P. The summed E-state index contributed by atoms with van der Waals surface area (Å²) in [7, 11) is -3.51. The maximum Gasteiger partial charge on any atom is 0.394 e. The summed E-state index contributed by atoms with van der Waals surface area (Å²) in [5, 5.41) is 5.20. The summed E-state index contributed by atoms with van der Waals surface area (Å²) in [4.78, 5) is 12.1. The average molecular weight is 304 g/mol. The van der Waals surface area contributed by atoms with E-state index in [1.165, 1.54) is 0 Å². The van der Waals surface area contributed by atoms with Crippen LogP contribution in [0.15, 0.2) is 60.7 Å². The summed E-state index contributed by atoms with van der Waals surface area (Å²) in [5.74, 6) is -0.448. The molecule has 5 nitrogen and oxygen atoms in total. The Bertz CT molecular complexity index is 632. The lowest BCUT2D eigenvalue weighted by molar-refractivity contribution is 0.0975. The fraction of sp³-hybridized carbons (Fsp3) is 0.133. The molecule has 2 N–H and O–H groups in total. The van der Waals surface area contributed by atoms with Gasteiger partial charge in [0.15, 0.2) is 0 Å². The zero-order chi connectivity index (χ0) is 15.1. The third-order valence-electron chi connectivity index (χ3n) is 2.65. The van der Waals surface area contributed by atoms with Gasteiger partial charge in [-0.15, -0.1) is 0 Å². The van der Waals surface area contributed by atoms with Gasteiger partial charge in [-0.2, -0.15) is 0 Å². The van der Waals surface area contributed by atoms with Crippen molar-refractivity contribution in [2.24, 2.45) is 0 Å². The molecule has 2 aromatic rings. The van der Waals surface area contributed by atoms with Gasteiger partial charge < -0.3 is 0 Å². The van der Waals surface area contributed by atoms with E-state index in [-0.39, 0.29) is 6.61 Å². The number of hydrogen-bond donors (Lipinski definition) is 2. The minimum atomic E-state index is -3.51. The molecule has 0 heterocycles. The second-order valence-corrected chi connectivity index (χ2v) is 6.06. The Hall–Kier alpha value is -2.10. The topological polar surface area (TPSA) is 67.4 Å². The van der Waals surface area contributed by atoms with Gasteiger partial charge in [-0.1, -0.05) is 36.4 Å². The van der Waals surface area contributed by atoms with Crippen LogP contribution in [0.5, 0.6) is 0 Å². The third kappa shape index (κ3) is 4.45. The Morgan fingerprint density at radius 2 is 1.62 bits per heavy atom. The van der Waals surface area contributed by atoms with Gasteiger partial charge >= 0.3 is 7.67 Å². The highest BCUT2D eigenvalue weighted by atomic mass is 31.2. The second kappa shape index (κ2) is 7.07. The lowest BCUT2D eigenvalue weighted by Crippen LogP contribution is -2.25. The van der Waals surface area contributed by atoms with E-state index in [0.717, 1.165) is 0 Å². The van der Waals surface area contributed by atoms with E-state index in [9.17, 15) is 9.36 Å².